The van der Waals surface area contributed by atoms with E-state index in [0.717, 1.165) is 6.54 Å². The summed E-state index contributed by atoms with van der Waals surface area (Å²) in [5, 5.41) is 0. The number of nitrogens with zero attached hydrogens (tertiary/aromatic N) is 2. The summed E-state index contributed by atoms with van der Waals surface area (Å²) in [6, 6.07) is 9.96. The molecule has 0 saturated carbocycles. The van der Waals surface area contributed by atoms with Crippen molar-refractivity contribution in [3.05, 3.63) is 35.4 Å². The van der Waals surface area contributed by atoms with Gasteiger partial charge in [0.25, 0.3) is 0 Å². The van der Waals surface area contributed by atoms with Gasteiger partial charge in [-0.15, -0.1) is 0 Å². The van der Waals surface area contributed by atoms with Gasteiger partial charge in [0, 0.05) is 25.2 Å². The van der Waals surface area contributed by atoms with Gasteiger partial charge >= 0.3 is 0 Å². The van der Waals surface area contributed by atoms with Gasteiger partial charge in [0.05, 0.1) is 0 Å². The van der Waals surface area contributed by atoms with Crippen LogP contribution in [0.1, 0.15) is 49.8 Å². The van der Waals surface area contributed by atoms with Crippen LogP contribution in [0.4, 0.5) is 0 Å². The van der Waals surface area contributed by atoms with E-state index in [0.29, 0.717) is 24.5 Å². The number of likely N-dealkylation sites (tertiary alicyclic amines) is 1. The maximum absolute atomic E-state index is 6.09. The highest BCUT2D eigenvalue weighted by Crippen LogP contribution is 2.26. The Morgan fingerprint density at radius 3 is 2.38 bits per heavy atom. The van der Waals surface area contributed by atoms with Gasteiger partial charge in [0.1, 0.15) is 0 Å². The molecular formula is C18H31N3. The van der Waals surface area contributed by atoms with Crippen molar-refractivity contribution in [2.45, 2.75) is 44.7 Å². The van der Waals surface area contributed by atoms with Gasteiger partial charge in [0.2, 0.25) is 0 Å². The van der Waals surface area contributed by atoms with E-state index < -0.39 is 0 Å². The molecule has 118 valence electrons. The Balaban J connectivity index is 2.10. The van der Waals surface area contributed by atoms with E-state index >= 15 is 0 Å². The van der Waals surface area contributed by atoms with Gasteiger partial charge in [-0.3, -0.25) is 4.90 Å². The first-order valence-electron chi connectivity index (χ1n) is 8.23. The molecule has 2 atom stereocenters. The zero-order valence-electron chi connectivity index (χ0n) is 14.0. The average Bonchev–Trinajstić information content (AvgIpc) is 2.48. The van der Waals surface area contributed by atoms with Crippen LogP contribution in [0.25, 0.3) is 0 Å². The zero-order valence-corrected chi connectivity index (χ0v) is 14.0. The molecule has 0 aliphatic carbocycles. The summed E-state index contributed by atoms with van der Waals surface area (Å²) in [5.41, 5.74) is 8.83. The molecule has 3 nitrogen and oxygen atoms in total. The van der Waals surface area contributed by atoms with E-state index in [9.17, 15) is 0 Å². The monoisotopic (exact) mass is 289 g/mol. The van der Waals surface area contributed by atoms with Crippen LogP contribution in [-0.2, 0) is 0 Å². The molecule has 1 fully saturated rings. The fourth-order valence-electron chi connectivity index (χ4n) is 3.37. The highest BCUT2D eigenvalue weighted by molar-refractivity contribution is 5.27. The van der Waals surface area contributed by atoms with Crippen molar-refractivity contribution < 1.29 is 0 Å². The van der Waals surface area contributed by atoms with Gasteiger partial charge < -0.3 is 10.6 Å². The van der Waals surface area contributed by atoms with Crippen LogP contribution in [0.15, 0.2) is 24.3 Å². The maximum Gasteiger partial charge on any atom is 0.0470 e. The number of hydrogen-bond acceptors (Lipinski definition) is 3. The van der Waals surface area contributed by atoms with E-state index in [1.807, 2.05) is 0 Å². The molecule has 1 aromatic rings. The standard InChI is InChI=1S/C18H31N3/c1-14(2)15-7-9-16(10-8-15)18(12-19)21(4)17-6-5-11-20(3)13-17/h7-10,14,17-18H,5-6,11-13,19H2,1-4H3. The second-order valence-corrected chi connectivity index (χ2v) is 6.80. The molecule has 0 bridgehead atoms. The number of piperidine rings is 1. The SMILES string of the molecule is CC(C)c1ccc(C(CN)N(C)C2CCCN(C)C2)cc1. The lowest BCUT2D eigenvalue weighted by Gasteiger charge is -2.40. The van der Waals surface area contributed by atoms with Crippen LogP contribution < -0.4 is 5.73 Å². The Morgan fingerprint density at radius 2 is 1.86 bits per heavy atom. The van der Waals surface area contributed by atoms with Crippen LogP contribution >= 0.6 is 0 Å². The molecule has 3 heteroatoms. The molecule has 1 saturated heterocycles. The van der Waals surface area contributed by atoms with Crippen LogP contribution in [-0.4, -0.2) is 49.6 Å². The minimum Gasteiger partial charge on any atom is -0.329 e. The molecule has 0 amide bonds. The van der Waals surface area contributed by atoms with E-state index in [1.165, 1.54) is 30.5 Å². The van der Waals surface area contributed by atoms with Crippen LogP contribution in [0, 0.1) is 0 Å². The highest BCUT2D eigenvalue weighted by Gasteiger charge is 2.26. The second kappa shape index (κ2) is 7.39. The first-order valence-corrected chi connectivity index (χ1v) is 8.23. The zero-order chi connectivity index (χ0) is 15.4. The molecule has 1 aliphatic heterocycles. The van der Waals surface area contributed by atoms with Crippen molar-refractivity contribution in [1.82, 2.24) is 9.80 Å². The highest BCUT2D eigenvalue weighted by atomic mass is 15.2. The number of likely N-dealkylation sites (N-methyl/N-ethyl adjacent to an activating group) is 2. The van der Waals surface area contributed by atoms with E-state index in [1.54, 1.807) is 0 Å². The smallest absolute Gasteiger partial charge is 0.0470 e. The van der Waals surface area contributed by atoms with Gasteiger partial charge in [-0.1, -0.05) is 38.1 Å². The van der Waals surface area contributed by atoms with Gasteiger partial charge in [-0.25, -0.2) is 0 Å². The predicted octanol–water partition coefficient (Wildman–Crippen LogP) is 2.84. The van der Waals surface area contributed by atoms with Crippen LogP contribution in [0.5, 0.6) is 0 Å². The van der Waals surface area contributed by atoms with E-state index in [-0.39, 0.29) is 0 Å². The predicted molar refractivity (Wildman–Crippen MR) is 90.6 cm³/mol. The molecular weight excluding hydrogens is 258 g/mol. The molecule has 2 unspecified atom stereocenters. The fraction of sp³-hybridized carbons (Fsp3) is 0.667. The van der Waals surface area contributed by atoms with Gasteiger partial charge in [-0.2, -0.15) is 0 Å². The van der Waals surface area contributed by atoms with Crippen molar-refractivity contribution in [2.24, 2.45) is 5.73 Å². The lowest BCUT2D eigenvalue weighted by atomic mass is 9.96. The summed E-state index contributed by atoms with van der Waals surface area (Å²) in [7, 11) is 4.45. The third-order valence-corrected chi connectivity index (χ3v) is 4.88. The molecule has 1 aliphatic rings. The minimum absolute atomic E-state index is 0.322. The van der Waals surface area contributed by atoms with Crippen LogP contribution in [0.3, 0.4) is 0 Å². The first kappa shape index (κ1) is 16.5. The number of hydrogen-bond donors (Lipinski definition) is 1. The number of benzene rings is 1. The van der Waals surface area contributed by atoms with Gasteiger partial charge in [0.15, 0.2) is 0 Å². The molecule has 2 rings (SSSR count). The molecule has 1 aromatic carbocycles. The first-order chi connectivity index (χ1) is 10.0. The van der Waals surface area contributed by atoms with E-state index in [4.69, 9.17) is 5.73 Å². The summed E-state index contributed by atoms with van der Waals surface area (Å²) in [6.07, 6.45) is 2.57. The fourth-order valence-corrected chi connectivity index (χ4v) is 3.37. The molecule has 2 N–H and O–H groups in total. The Kier molecular flexibility index (Phi) is 5.80. The molecule has 0 spiro atoms. The third-order valence-electron chi connectivity index (χ3n) is 4.88. The topological polar surface area (TPSA) is 32.5 Å². The van der Waals surface area contributed by atoms with Crippen molar-refractivity contribution in [3.8, 4) is 0 Å². The lowest BCUT2D eigenvalue weighted by Crippen LogP contribution is -2.47. The summed E-state index contributed by atoms with van der Waals surface area (Å²) < 4.78 is 0. The maximum atomic E-state index is 6.09. The summed E-state index contributed by atoms with van der Waals surface area (Å²) >= 11 is 0. The van der Waals surface area contributed by atoms with Crippen molar-refractivity contribution in [3.63, 3.8) is 0 Å². The summed E-state index contributed by atoms with van der Waals surface area (Å²) in [6.45, 7) is 7.52. The largest absolute Gasteiger partial charge is 0.329 e. The molecule has 21 heavy (non-hydrogen) atoms. The molecule has 0 aromatic heterocycles. The molecule has 0 radical (unpaired) electrons. The number of nitrogens with two attached hydrogens (primary N) is 1. The average molecular weight is 289 g/mol. The van der Waals surface area contributed by atoms with Crippen molar-refractivity contribution >= 4 is 0 Å². The Hall–Kier alpha value is -0.900. The Morgan fingerprint density at radius 1 is 1.24 bits per heavy atom. The van der Waals surface area contributed by atoms with E-state index in [2.05, 4.69) is 62.0 Å². The normalized spacial score (nSPS) is 22.0. The Labute approximate surface area is 130 Å². The van der Waals surface area contributed by atoms with Crippen LogP contribution in [0.2, 0.25) is 0 Å². The quantitative estimate of drug-likeness (QED) is 0.904. The minimum atomic E-state index is 0.322. The summed E-state index contributed by atoms with van der Waals surface area (Å²) in [4.78, 5) is 4.92. The number of rotatable bonds is 5. The van der Waals surface area contributed by atoms with Crippen molar-refractivity contribution in [1.29, 1.82) is 0 Å². The van der Waals surface area contributed by atoms with Crippen molar-refractivity contribution in [2.75, 3.05) is 33.7 Å². The molecule has 1 heterocycles. The van der Waals surface area contributed by atoms with Gasteiger partial charge in [-0.05, 0) is 50.5 Å². The Bertz CT molecular complexity index is 427. The second-order valence-electron chi connectivity index (χ2n) is 6.80. The third kappa shape index (κ3) is 4.06. The lowest BCUT2D eigenvalue weighted by molar-refractivity contribution is 0.101. The summed E-state index contributed by atoms with van der Waals surface area (Å²) in [5.74, 6) is 0.583.